The molecule has 0 aliphatic rings. The van der Waals surface area contributed by atoms with Crippen LogP contribution in [0.4, 0.5) is 0 Å². The van der Waals surface area contributed by atoms with Crippen LogP contribution in [-0.4, -0.2) is 30.4 Å². The van der Waals surface area contributed by atoms with Gasteiger partial charge in [-0.1, -0.05) is 244 Å². The van der Waals surface area contributed by atoms with E-state index >= 15 is 0 Å². The molecule has 2 heterocycles. The summed E-state index contributed by atoms with van der Waals surface area (Å²) in [7, 11) is 8.16. The molecule has 8 aromatic rings. The average molecular weight is 1510 g/mol. The topological polar surface area (TPSA) is 117 Å². The number of hydrogen-bond acceptors (Lipinski definition) is 3. The van der Waals surface area contributed by atoms with Crippen LogP contribution in [0.5, 0.6) is 0 Å². The number of rotatable bonds is 17. The number of nitrogens with zero attached hydrogens (tertiary/aromatic N) is 7. The second-order valence-corrected chi connectivity index (χ2v) is 23.2. The zero-order valence-electron chi connectivity index (χ0n) is 56.6. The van der Waals surface area contributed by atoms with Crippen LogP contribution in [0, 0.1) is 43.9 Å². The molecule has 0 amide bonds. The van der Waals surface area contributed by atoms with Crippen LogP contribution in [-0.2, 0) is 61.2 Å². The Kier molecular flexibility index (Phi) is 38.4. The van der Waals surface area contributed by atoms with Gasteiger partial charge in [0, 0.05) is 42.6 Å². The predicted molar refractivity (Wildman–Crippen MR) is 364 cm³/mol. The molecule has 0 radical (unpaired) electrons. The SMILES string of the molecule is CC(C)c1cccc(C(C)C)c1-n1ccn(-c2c(C(C)C)cccc2C(C)C)c1=[N-].CC(C)c1cccc(C(C)C)c1-n1ccn(-c2c(C(C)C)cccc2C(C)C)c1=[N-].[CH2-]OC(O)c1ccccc1.[CH2-]OC([N-]C)c1ccccc1.[CH3-].[CH3-].[CH3-].[CH3-].[Hf+4].[Hf]. The van der Waals surface area contributed by atoms with Gasteiger partial charge in [0.15, 0.2) is 6.29 Å². The fourth-order valence-corrected chi connectivity index (χ4v) is 10.3. The van der Waals surface area contributed by atoms with E-state index in [2.05, 4.69) is 208 Å². The van der Waals surface area contributed by atoms with Crippen molar-refractivity contribution in [2.24, 2.45) is 0 Å². The van der Waals surface area contributed by atoms with Gasteiger partial charge >= 0.3 is 25.8 Å². The summed E-state index contributed by atoms with van der Waals surface area (Å²) < 4.78 is 17.2. The molecule has 0 bridgehead atoms. The minimum atomic E-state index is -0.902. The molecule has 1 N–H and O–H groups in total. The molecule has 0 saturated heterocycles. The molecule has 10 nitrogen and oxygen atoms in total. The van der Waals surface area contributed by atoms with Gasteiger partial charge in [-0.3, -0.25) is 0 Å². The molecule has 0 aliphatic carbocycles. The summed E-state index contributed by atoms with van der Waals surface area (Å²) in [5.74, 6) is 2.91. The number of ether oxygens (including phenoxy) is 2. The maximum atomic E-state index is 11.5. The molecule has 8 rings (SSSR count). The van der Waals surface area contributed by atoms with E-state index in [0.29, 0.717) is 47.3 Å². The van der Waals surface area contributed by atoms with Crippen molar-refractivity contribution in [3.8, 4) is 22.7 Å². The van der Waals surface area contributed by atoms with Crippen molar-refractivity contribution in [2.75, 3.05) is 7.05 Å². The summed E-state index contributed by atoms with van der Waals surface area (Å²) in [6.07, 6.45) is 6.89. The Labute approximate surface area is 565 Å². The van der Waals surface area contributed by atoms with Gasteiger partial charge in [0.05, 0.1) is 0 Å². The molecule has 2 atom stereocenters. The normalized spacial score (nSPS) is 11.4. The Morgan fingerprint density at radius 2 is 0.563 bits per heavy atom. The van der Waals surface area contributed by atoms with Crippen molar-refractivity contribution in [1.82, 2.24) is 18.3 Å². The molecule has 0 aliphatic heterocycles. The second-order valence-electron chi connectivity index (χ2n) is 23.2. The van der Waals surface area contributed by atoms with Gasteiger partial charge in [0.25, 0.3) is 0 Å². The summed E-state index contributed by atoms with van der Waals surface area (Å²) in [6.45, 7) is 35.4. The molecule has 87 heavy (non-hydrogen) atoms. The van der Waals surface area contributed by atoms with Gasteiger partial charge in [-0.2, -0.15) is 7.05 Å². The first-order valence-electron chi connectivity index (χ1n) is 28.9. The van der Waals surface area contributed by atoms with Crippen LogP contribution < -0.4 is 11.2 Å². The molecule has 0 fully saturated rings. The number of imidazole rings is 2. The second kappa shape index (κ2) is 39.8. The van der Waals surface area contributed by atoms with Crippen molar-refractivity contribution in [2.45, 2.75) is 171 Å². The van der Waals surface area contributed by atoms with Crippen LogP contribution in [0.2, 0.25) is 0 Å². The zero-order chi connectivity index (χ0) is 59.8. The Balaban J connectivity index is 0. The van der Waals surface area contributed by atoms with Gasteiger partial charge < -0.3 is 78.7 Å². The predicted octanol–water partition coefficient (Wildman–Crippen LogP) is 20.2. The van der Waals surface area contributed by atoms with E-state index in [0.717, 1.165) is 33.9 Å². The summed E-state index contributed by atoms with van der Waals surface area (Å²) >= 11 is 0. The van der Waals surface area contributed by atoms with Crippen LogP contribution >= 0.6 is 0 Å². The van der Waals surface area contributed by atoms with Gasteiger partial charge in [0.2, 0.25) is 0 Å². The van der Waals surface area contributed by atoms with Crippen molar-refractivity contribution in [1.29, 1.82) is 0 Å². The molecular formula is C75H104Hf2N7O3-5. The van der Waals surface area contributed by atoms with E-state index in [1.807, 2.05) is 91.6 Å². The third-order valence-electron chi connectivity index (χ3n) is 14.6. The molecule has 6 aromatic carbocycles. The van der Waals surface area contributed by atoms with E-state index in [-0.39, 0.29) is 98.9 Å². The molecular weight excluding hydrogens is 1400 g/mol. The number of aliphatic hydroxyl groups excluding tert-OH is 1. The first kappa shape index (κ1) is 84.0. The fraction of sp³-hybridized carbons (Fsp3) is 0.360. The Morgan fingerprint density at radius 3 is 0.736 bits per heavy atom. The zero-order valence-corrected chi connectivity index (χ0v) is 63.8. The Bertz CT molecular complexity index is 2880. The number of hydrogen-bond donors (Lipinski definition) is 1. The molecule has 2 aromatic heterocycles. The average Bonchev–Trinajstić information content (AvgIpc) is 1.97. The van der Waals surface area contributed by atoms with E-state index in [1.165, 1.54) is 44.5 Å². The maximum absolute atomic E-state index is 11.5. The molecule has 0 spiro atoms. The van der Waals surface area contributed by atoms with Crippen LogP contribution in [0.3, 0.4) is 0 Å². The van der Waals surface area contributed by atoms with Crippen LogP contribution in [0.25, 0.3) is 38.9 Å². The van der Waals surface area contributed by atoms with Crippen LogP contribution in [0.1, 0.15) is 226 Å². The first-order chi connectivity index (χ1) is 38.5. The number of aliphatic hydroxyl groups is 1. The molecule has 0 saturated carbocycles. The van der Waals surface area contributed by atoms with Crippen molar-refractivity contribution in [3.05, 3.63) is 285 Å². The third kappa shape index (κ3) is 21.0. The van der Waals surface area contributed by atoms with E-state index in [1.54, 1.807) is 19.2 Å². The van der Waals surface area contributed by atoms with E-state index in [4.69, 9.17) is 9.84 Å². The minimum absolute atomic E-state index is 0. The van der Waals surface area contributed by atoms with Gasteiger partial charge in [0.1, 0.15) is 0 Å². The smallest absolute Gasteiger partial charge is 0.638 e. The van der Waals surface area contributed by atoms with Crippen molar-refractivity contribution in [3.63, 3.8) is 0 Å². The van der Waals surface area contributed by atoms with Crippen molar-refractivity contribution >= 4 is 0 Å². The van der Waals surface area contributed by atoms with Crippen LogP contribution in [0.15, 0.2) is 158 Å². The minimum Gasteiger partial charge on any atom is -0.638 e. The quantitative estimate of drug-likeness (QED) is 0.0556. The Hall–Kier alpha value is -5.08. The summed E-state index contributed by atoms with van der Waals surface area (Å²) in [4.78, 5) is 0. The maximum Gasteiger partial charge on any atom is 4.00 e. The summed E-state index contributed by atoms with van der Waals surface area (Å²) in [6, 6.07) is 44.8. The van der Waals surface area contributed by atoms with E-state index in [9.17, 15) is 10.8 Å². The first-order valence-corrected chi connectivity index (χ1v) is 28.9. The van der Waals surface area contributed by atoms with Gasteiger partial charge in [-0.15, -0.1) is 0 Å². The molecule has 470 valence electrons. The third-order valence-corrected chi connectivity index (χ3v) is 14.6. The van der Waals surface area contributed by atoms with Gasteiger partial charge in [-0.25, -0.2) is 14.2 Å². The number of aromatic nitrogens is 4. The van der Waals surface area contributed by atoms with Crippen molar-refractivity contribution < 1.29 is 66.3 Å². The van der Waals surface area contributed by atoms with Gasteiger partial charge in [-0.05, 0) is 151 Å². The number of benzene rings is 6. The largest absolute Gasteiger partial charge is 4.00 e. The van der Waals surface area contributed by atoms with E-state index < -0.39 is 6.29 Å². The summed E-state index contributed by atoms with van der Waals surface area (Å²) in [5.41, 5.74) is 16.7. The monoisotopic (exact) mass is 1510 g/mol. The standard InChI is InChI=1S/2C27H36N3.C9H11NO.C8H9O2.4CH3.2Hf/c2*1-17(2)21-11-9-12-22(18(3)4)25(21)29-15-16-30(27(29)28)26-23(19(5)6)13-10-14-24(26)20(7)8;1-10-9(11-2)8-6-4-3-5-7-8;1-10-8(9)7-5-3-2-4-6-7;;;;;;/h2*9-20H,1-8H3;3-7,9H,2H2,1H3;2-6,8-9H,1H2;4*1H3;;/q2*-1;-2;5*-1;;+4. The number of para-hydroxylation sites is 4. The Morgan fingerprint density at radius 1 is 0.356 bits per heavy atom. The molecule has 12 heteroatoms. The summed E-state index contributed by atoms with van der Waals surface area (Å²) in [5, 5.41) is 36.0. The fourth-order valence-electron chi connectivity index (χ4n) is 10.3. The molecule has 2 unspecified atom stereocenters.